The fourth-order valence-electron chi connectivity index (χ4n) is 3.91. The molecule has 9 heteroatoms. The van der Waals surface area contributed by atoms with Crippen LogP contribution in [0.15, 0.2) is 65.3 Å². The molecule has 0 bridgehead atoms. The Morgan fingerprint density at radius 2 is 1.49 bits per heavy atom. The molecule has 35 heavy (non-hydrogen) atoms. The van der Waals surface area contributed by atoms with Gasteiger partial charge in [0, 0.05) is 16.9 Å². The lowest BCUT2D eigenvalue weighted by Gasteiger charge is -2.17. The highest BCUT2D eigenvalue weighted by Crippen LogP contribution is 2.37. The Hall–Kier alpha value is -3.32. The van der Waals surface area contributed by atoms with Crippen LogP contribution in [-0.2, 0) is 9.59 Å². The zero-order valence-corrected chi connectivity index (χ0v) is 21.3. The first-order valence-corrected chi connectivity index (χ1v) is 11.7. The number of imide groups is 1. The Labute approximate surface area is 217 Å². The number of hydrogen-bond donors (Lipinski definition) is 2. The van der Waals surface area contributed by atoms with Crippen LogP contribution in [0.2, 0.25) is 10.0 Å². The number of hydrogen-bond acceptors (Lipinski definition) is 4. The molecule has 3 aromatic rings. The Bertz CT molecular complexity index is 1390. The fourth-order valence-corrected chi connectivity index (χ4v) is 4.50. The van der Waals surface area contributed by atoms with Gasteiger partial charge in [-0.1, -0.05) is 58.6 Å². The number of amides is 3. The maximum absolute atomic E-state index is 13.0. The average Bonchev–Trinajstić information content (AvgIpc) is 3.01. The number of benzene rings is 3. The first-order valence-electron chi connectivity index (χ1n) is 10.6. The summed E-state index contributed by atoms with van der Waals surface area (Å²) in [5.41, 5.74) is 4.78. The standard InChI is InChI=1S/C26H20Cl3N3O3/c1-13-11-14(2)22(15(3)12-13)31-24(33)16-7-9-17(10-8-16)30-23-21(29)25(34)32(26(23)35)19-6-4-5-18(27)20(19)28/h4-12,30H,1-3H3,(H,31,33). The van der Waals surface area contributed by atoms with Gasteiger partial charge in [-0.15, -0.1) is 0 Å². The maximum atomic E-state index is 13.0. The van der Waals surface area contributed by atoms with Crippen LogP contribution in [0.5, 0.6) is 0 Å². The van der Waals surface area contributed by atoms with Crippen molar-refractivity contribution in [3.63, 3.8) is 0 Å². The van der Waals surface area contributed by atoms with E-state index in [1.807, 2.05) is 32.9 Å². The van der Waals surface area contributed by atoms with Crippen molar-refractivity contribution < 1.29 is 14.4 Å². The summed E-state index contributed by atoms with van der Waals surface area (Å²) in [4.78, 5) is 39.3. The minimum absolute atomic E-state index is 0.0657. The van der Waals surface area contributed by atoms with Gasteiger partial charge in [-0.25, -0.2) is 4.90 Å². The van der Waals surface area contributed by atoms with Gasteiger partial charge in [0.2, 0.25) is 0 Å². The lowest BCUT2D eigenvalue weighted by molar-refractivity contribution is -0.120. The van der Waals surface area contributed by atoms with Crippen LogP contribution >= 0.6 is 34.8 Å². The third kappa shape index (κ3) is 4.78. The van der Waals surface area contributed by atoms with Crippen LogP contribution in [0.4, 0.5) is 17.1 Å². The molecule has 1 aliphatic heterocycles. The van der Waals surface area contributed by atoms with Crippen LogP contribution in [0, 0.1) is 20.8 Å². The van der Waals surface area contributed by atoms with Crippen LogP contribution in [-0.4, -0.2) is 17.7 Å². The van der Waals surface area contributed by atoms with E-state index in [-0.39, 0.29) is 32.4 Å². The van der Waals surface area contributed by atoms with Gasteiger partial charge in [-0.05, 0) is 68.3 Å². The molecule has 1 aliphatic rings. The molecule has 3 aromatic carbocycles. The third-order valence-electron chi connectivity index (χ3n) is 5.53. The van der Waals surface area contributed by atoms with Gasteiger partial charge >= 0.3 is 0 Å². The van der Waals surface area contributed by atoms with Crippen molar-refractivity contribution in [1.29, 1.82) is 0 Å². The highest BCUT2D eigenvalue weighted by Gasteiger charge is 2.40. The third-order valence-corrected chi connectivity index (χ3v) is 6.69. The number of aryl methyl sites for hydroxylation is 3. The average molecular weight is 529 g/mol. The van der Waals surface area contributed by atoms with Gasteiger partial charge in [0.15, 0.2) is 0 Å². The molecule has 0 unspecified atom stereocenters. The molecule has 0 aromatic heterocycles. The van der Waals surface area contributed by atoms with Crippen molar-refractivity contribution in [2.75, 3.05) is 15.5 Å². The van der Waals surface area contributed by atoms with Crippen molar-refractivity contribution >= 4 is 69.6 Å². The Balaban J connectivity index is 1.52. The van der Waals surface area contributed by atoms with Gasteiger partial charge in [-0.3, -0.25) is 14.4 Å². The molecule has 0 atom stereocenters. The predicted octanol–water partition coefficient (Wildman–Crippen LogP) is 6.61. The van der Waals surface area contributed by atoms with Crippen LogP contribution in [0.25, 0.3) is 0 Å². The summed E-state index contributed by atoms with van der Waals surface area (Å²) in [5, 5.41) is 5.81. The Morgan fingerprint density at radius 3 is 2.11 bits per heavy atom. The smallest absolute Gasteiger partial charge is 0.283 e. The van der Waals surface area contributed by atoms with Crippen molar-refractivity contribution in [2.24, 2.45) is 0 Å². The van der Waals surface area contributed by atoms with Crippen molar-refractivity contribution in [2.45, 2.75) is 20.8 Å². The summed E-state index contributed by atoms with van der Waals surface area (Å²) in [6.07, 6.45) is 0. The number of halogens is 3. The molecule has 0 aliphatic carbocycles. The van der Waals surface area contributed by atoms with Crippen LogP contribution in [0.1, 0.15) is 27.0 Å². The topological polar surface area (TPSA) is 78.5 Å². The second-order valence-corrected chi connectivity index (χ2v) is 9.30. The highest BCUT2D eigenvalue weighted by atomic mass is 35.5. The number of anilines is 3. The van der Waals surface area contributed by atoms with Crippen molar-refractivity contribution in [3.8, 4) is 0 Å². The summed E-state index contributed by atoms with van der Waals surface area (Å²) in [5.74, 6) is -1.66. The van der Waals surface area contributed by atoms with E-state index in [0.29, 0.717) is 11.3 Å². The van der Waals surface area contributed by atoms with E-state index in [0.717, 1.165) is 27.3 Å². The second kappa shape index (κ2) is 9.74. The van der Waals surface area contributed by atoms with E-state index in [2.05, 4.69) is 10.6 Å². The molecule has 178 valence electrons. The molecule has 3 amide bonds. The number of nitrogens with one attached hydrogen (secondary N) is 2. The molecule has 0 spiro atoms. The number of carbonyl (C=O) groups is 3. The summed E-state index contributed by atoms with van der Waals surface area (Å²) >= 11 is 18.4. The van der Waals surface area contributed by atoms with Crippen LogP contribution in [0.3, 0.4) is 0 Å². The Morgan fingerprint density at radius 1 is 0.857 bits per heavy atom. The zero-order chi connectivity index (χ0) is 25.4. The lowest BCUT2D eigenvalue weighted by Crippen LogP contribution is -2.32. The van der Waals surface area contributed by atoms with E-state index in [1.165, 1.54) is 6.07 Å². The molecule has 0 fully saturated rings. The number of rotatable bonds is 5. The molecule has 0 radical (unpaired) electrons. The lowest BCUT2D eigenvalue weighted by atomic mass is 10.0. The predicted molar refractivity (Wildman–Crippen MR) is 141 cm³/mol. The van der Waals surface area contributed by atoms with Crippen LogP contribution < -0.4 is 15.5 Å². The van der Waals surface area contributed by atoms with Gasteiger partial charge in [-0.2, -0.15) is 0 Å². The van der Waals surface area contributed by atoms with E-state index in [1.54, 1.807) is 36.4 Å². The summed E-state index contributed by atoms with van der Waals surface area (Å²) in [6.45, 7) is 5.89. The molecule has 0 saturated heterocycles. The summed E-state index contributed by atoms with van der Waals surface area (Å²) < 4.78 is 0. The summed E-state index contributed by atoms with van der Waals surface area (Å²) in [7, 11) is 0. The van der Waals surface area contributed by atoms with E-state index >= 15 is 0 Å². The van der Waals surface area contributed by atoms with Gasteiger partial charge in [0.25, 0.3) is 17.7 Å². The first kappa shape index (κ1) is 24.8. The second-order valence-electron chi connectivity index (χ2n) is 8.14. The SMILES string of the molecule is Cc1cc(C)c(NC(=O)c2ccc(NC3=C(Cl)C(=O)N(c4cccc(Cl)c4Cl)C3=O)cc2)c(C)c1. The molecule has 1 heterocycles. The molecule has 0 saturated carbocycles. The van der Waals surface area contributed by atoms with Gasteiger partial charge < -0.3 is 10.6 Å². The van der Waals surface area contributed by atoms with Crippen molar-refractivity contribution in [3.05, 3.63) is 97.6 Å². The quantitative estimate of drug-likeness (QED) is 0.365. The minimum atomic E-state index is -0.719. The Kier molecular flexibility index (Phi) is 6.90. The molecular formula is C26H20Cl3N3O3. The van der Waals surface area contributed by atoms with E-state index in [4.69, 9.17) is 34.8 Å². The van der Waals surface area contributed by atoms with Gasteiger partial charge in [0.05, 0.1) is 15.7 Å². The molecule has 4 rings (SSSR count). The summed E-state index contributed by atoms with van der Waals surface area (Å²) in [6, 6.07) is 15.1. The largest absolute Gasteiger partial charge is 0.350 e. The minimum Gasteiger partial charge on any atom is -0.350 e. The monoisotopic (exact) mass is 527 g/mol. The molecular weight excluding hydrogens is 509 g/mol. The fraction of sp³-hybridized carbons (Fsp3) is 0.115. The van der Waals surface area contributed by atoms with Crippen molar-refractivity contribution in [1.82, 2.24) is 0 Å². The highest BCUT2D eigenvalue weighted by molar-refractivity contribution is 6.54. The van der Waals surface area contributed by atoms with Gasteiger partial charge in [0.1, 0.15) is 10.7 Å². The number of carbonyl (C=O) groups excluding carboxylic acids is 3. The molecule has 2 N–H and O–H groups in total. The first-order chi connectivity index (χ1) is 16.6. The zero-order valence-electron chi connectivity index (χ0n) is 19.0. The van der Waals surface area contributed by atoms with E-state index < -0.39 is 11.8 Å². The molecule has 6 nitrogen and oxygen atoms in total. The maximum Gasteiger partial charge on any atom is 0.283 e. The normalized spacial score (nSPS) is 13.5. The number of nitrogens with zero attached hydrogens (tertiary/aromatic N) is 1. The van der Waals surface area contributed by atoms with E-state index in [9.17, 15) is 14.4 Å².